The van der Waals surface area contributed by atoms with Crippen LogP contribution >= 0.6 is 0 Å². The highest BCUT2D eigenvalue weighted by molar-refractivity contribution is 6.12. The number of hydrogen-bond donors (Lipinski definition) is 0. The standard InChI is InChI=1S/C48H31N5/c1-3-12-32(13-4-1)46-47(51-29-11-28-49-48(51)50-46)33-20-24-37(25-21-33)53-43-19-10-8-17-39(43)41-31-35(23-27-45(41)53)34-22-26-44-40(30-34)38-16-7-9-18-42(38)52(44)36-14-5-2-6-15-36/h1-31H. The summed E-state index contributed by atoms with van der Waals surface area (Å²) in [5.41, 5.74) is 13.5. The molecule has 248 valence electrons. The van der Waals surface area contributed by atoms with Crippen molar-refractivity contribution < 1.29 is 0 Å². The number of nitrogens with zero attached hydrogens (tertiary/aromatic N) is 5. The van der Waals surface area contributed by atoms with E-state index in [1.807, 2.05) is 18.3 Å². The average Bonchev–Trinajstić information content (AvgIpc) is 3.89. The first-order chi connectivity index (χ1) is 26.3. The summed E-state index contributed by atoms with van der Waals surface area (Å²) in [6, 6.07) is 63.0. The van der Waals surface area contributed by atoms with Crippen LogP contribution in [0.2, 0.25) is 0 Å². The van der Waals surface area contributed by atoms with Crippen molar-refractivity contribution in [3.05, 3.63) is 188 Å². The Kier molecular flexibility index (Phi) is 6.48. The van der Waals surface area contributed by atoms with Gasteiger partial charge in [-0.25, -0.2) is 9.97 Å². The minimum atomic E-state index is 0.685. The fraction of sp³-hybridized carbons (Fsp3) is 0. The van der Waals surface area contributed by atoms with Crippen LogP contribution in [0, 0.1) is 0 Å². The molecule has 0 radical (unpaired) electrons. The zero-order chi connectivity index (χ0) is 34.9. The molecule has 11 rings (SSSR count). The van der Waals surface area contributed by atoms with E-state index >= 15 is 0 Å². The van der Waals surface area contributed by atoms with E-state index in [-0.39, 0.29) is 0 Å². The molecule has 0 saturated heterocycles. The van der Waals surface area contributed by atoms with E-state index in [4.69, 9.17) is 4.98 Å². The Labute approximate surface area is 305 Å². The van der Waals surface area contributed by atoms with Crippen LogP contribution in [-0.4, -0.2) is 23.5 Å². The molecule has 0 amide bonds. The summed E-state index contributed by atoms with van der Waals surface area (Å²) in [6.07, 6.45) is 3.83. The van der Waals surface area contributed by atoms with Crippen molar-refractivity contribution in [1.29, 1.82) is 0 Å². The molecule has 0 aliphatic rings. The Balaban J connectivity index is 1.04. The molecule has 5 heteroatoms. The Morgan fingerprint density at radius 1 is 0.377 bits per heavy atom. The van der Waals surface area contributed by atoms with Crippen molar-refractivity contribution in [2.45, 2.75) is 0 Å². The molecular weight excluding hydrogens is 647 g/mol. The zero-order valence-corrected chi connectivity index (χ0v) is 28.6. The number of imidazole rings is 1. The molecule has 0 N–H and O–H groups in total. The highest BCUT2D eigenvalue weighted by Crippen LogP contribution is 2.39. The molecule has 0 bridgehead atoms. The number of para-hydroxylation sites is 3. The van der Waals surface area contributed by atoms with Crippen molar-refractivity contribution in [3.8, 4) is 45.0 Å². The topological polar surface area (TPSA) is 40.1 Å². The maximum Gasteiger partial charge on any atom is 0.234 e. The molecule has 5 nitrogen and oxygen atoms in total. The Morgan fingerprint density at radius 3 is 1.51 bits per heavy atom. The van der Waals surface area contributed by atoms with Gasteiger partial charge in [0.05, 0.1) is 33.5 Å². The van der Waals surface area contributed by atoms with Gasteiger partial charge in [-0.1, -0.05) is 109 Å². The van der Waals surface area contributed by atoms with Gasteiger partial charge in [-0.05, 0) is 77.9 Å². The second-order valence-corrected chi connectivity index (χ2v) is 13.5. The number of hydrogen-bond acceptors (Lipinski definition) is 2. The lowest BCUT2D eigenvalue weighted by Gasteiger charge is -2.11. The van der Waals surface area contributed by atoms with Crippen molar-refractivity contribution in [2.75, 3.05) is 0 Å². The van der Waals surface area contributed by atoms with Gasteiger partial charge in [-0.15, -0.1) is 0 Å². The van der Waals surface area contributed by atoms with Gasteiger partial charge in [0, 0.05) is 56.4 Å². The Bertz CT molecular complexity index is 3150. The van der Waals surface area contributed by atoms with Crippen molar-refractivity contribution in [1.82, 2.24) is 23.5 Å². The number of rotatable bonds is 5. The first-order valence-corrected chi connectivity index (χ1v) is 17.9. The van der Waals surface area contributed by atoms with Gasteiger partial charge in [0.1, 0.15) is 0 Å². The molecule has 11 aromatic rings. The summed E-state index contributed by atoms with van der Waals surface area (Å²) in [6.45, 7) is 0. The van der Waals surface area contributed by atoms with Crippen LogP contribution in [0.4, 0.5) is 0 Å². The Morgan fingerprint density at radius 2 is 0.887 bits per heavy atom. The highest BCUT2D eigenvalue weighted by Gasteiger charge is 2.19. The molecule has 0 aliphatic heterocycles. The van der Waals surface area contributed by atoms with Crippen LogP contribution < -0.4 is 0 Å². The molecule has 7 aromatic carbocycles. The van der Waals surface area contributed by atoms with Gasteiger partial charge in [0.15, 0.2) is 0 Å². The van der Waals surface area contributed by atoms with Gasteiger partial charge in [0.2, 0.25) is 5.78 Å². The van der Waals surface area contributed by atoms with Crippen LogP contribution in [-0.2, 0) is 0 Å². The molecule has 53 heavy (non-hydrogen) atoms. The first-order valence-electron chi connectivity index (χ1n) is 17.9. The maximum absolute atomic E-state index is 4.94. The normalized spacial score (nSPS) is 11.8. The third-order valence-corrected chi connectivity index (χ3v) is 10.5. The van der Waals surface area contributed by atoms with Crippen molar-refractivity contribution in [3.63, 3.8) is 0 Å². The predicted molar refractivity (Wildman–Crippen MR) is 218 cm³/mol. The molecule has 0 aliphatic carbocycles. The molecule has 0 spiro atoms. The third-order valence-electron chi connectivity index (χ3n) is 10.5. The predicted octanol–water partition coefficient (Wildman–Crippen LogP) is 11.9. The number of aromatic nitrogens is 5. The van der Waals surface area contributed by atoms with Crippen molar-refractivity contribution in [2.24, 2.45) is 0 Å². The van der Waals surface area contributed by atoms with Gasteiger partial charge >= 0.3 is 0 Å². The van der Waals surface area contributed by atoms with Crippen LogP contribution in [0.3, 0.4) is 0 Å². The minimum Gasteiger partial charge on any atom is -0.309 e. The van der Waals surface area contributed by atoms with Gasteiger partial charge < -0.3 is 9.13 Å². The van der Waals surface area contributed by atoms with Crippen LogP contribution in [0.1, 0.15) is 0 Å². The van der Waals surface area contributed by atoms with E-state index < -0.39 is 0 Å². The van der Waals surface area contributed by atoms with E-state index in [2.05, 4.69) is 182 Å². The SMILES string of the molecule is c1ccc(-c2nc3ncccn3c2-c2ccc(-n3c4ccccc4c4cc(-c5ccc6c(c5)c5ccccc5n6-c5ccccc5)ccc43)cc2)cc1. The summed E-state index contributed by atoms with van der Waals surface area (Å²) < 4.78 is 6.82. The first kappa shape index (κ1) is 29.5. The summed E-state index contributed by atoms with van der Waals surface area (Å²) in [7, 11) is 0. The van der Waals surface area contributed by atoms with Gasteiger partial charge in [-0.2, -0.15) is 0 Å². The van der Waals surface area contributed by atoms with E-state index in [0.717, 1.165) is 28.2 Å². The van der Waals surface area contributed by atoms with Crippen LogP contribution in [0.25, 0.3) is 94.4 Å². The van der Waals surface area contributed by atoms with Crippen LogP contribution in [0.5, 0.6) is 0 Å². The highest BCUT2D eigenvalue weighted by atomic mass is 15.1. The largest absolute Gasteiger partial charge is 0.309 e. The lowest BCUT2D eigenvalue weighted by atomic mass is 10.0. The van der Waals surface area contributed by atoms with Crippen LogP contribution in [0.15, 0.2) is 188 Å². The smallest absolute Gasteiger partial charge is 0.234 e. The number of fused-ring (bicyclic) bond motifs is 7. The van der Waals surface area contributed by atoms with E-state index in [0.29, 0.717) is 5.78 Å². The summed E-state index contributed by atoms with van der Waals surface area (Å²) >= 11 is 0. The van der Waals surface area contributed by atoms with Gasteiger partial charge in [0.25, 0.3) is 0 Å². The molecular formula is C48H31N5. The van der Waals surface area contributed by atoms with E-state index in [1.54, 1.807) is 6.20 Å². The van der Waals surface area contributed by atoms with Gasteiger partial charge in [-0.3, -0.25) is 4.40 Å². The van der Waals surface area contributed by atoms with E-state index in [9.17, 15) is 0 Å². The maximum atomic E-state index is 4.94. The monoisotopic (exact) mass is 677 g/mol. The average molecular weight is 678 g/mol. The zero-order valence-electron chi connectivity index (χ0n) is 28.6. The Hall–Kier alpha value is -7.24. The molecule has 4 aromatic heterocycles. The summed E-state index contributed by atoms with van der Waals surface area (Å²) in [5.74, 6) is 0.685. The molecule has 0 unspecified atom stereocenters. The fourth-order valence-electron chi connectivity index (χ4n) is 8.17. The lowest BCUT2D eigenvalue weighted by Crippen LogP contribution is -1.95. The molecule has 0 atom stereocenters. The fourth-order valence-corrected chi connectivity index (χ4v) is 8.17. The summed E-state index contributed by atoms with van der Waals surface area (Å²) in [5, 5.41) is 4.97. The molecule has 0 saturated carbocycles. The quantitative estimate of drug-likeness (QED) is 0.182. The van der Waals surface area contributed by atoms with Crippen molar-refractivity contribution >= 4 is 49.4 Å². The second-order valence-electron chi connectivity index (χ2n) is 13.5. The van der Waals surface area contributed by atoms with E-state index in [1.165, 1.54) is 60.4 Å². The number of benzene rings is 7. The minimum absolute atomic E-state index is 0.685. The molecule has 4 heterocycles. The molecule has 0 fully saturated rings. The lowest BCUT2D eigenvalue weighted by molar-refractivity contribution is 1.11. The second kappa shape index (κ2) is 11.7. The third kappa shape index (κ3) is 4.57. The summed E-state index contributed by atoms with van der Waals surface area (Å²) in [4.78, 5) is 9.50.